The Balaban J connectivity index is 2.97. The number of aromatic nitrogens is 1. The molecule has 0 saturated carbocycles. The molecule has 2 rings (SSSR count). The van der Waals surface area contributed by atoms with Crippen LogP contribution in [0.1, 0.15) is 0 Å². The molecular weight excluding hydrogens is 293 g/mol. The molecule has 1 aromatic heterocycles. The van der Waals surface area contributed by atoms with Gasteiger partial charge in [0.05, 0.1) is 21.3 Å². The number of fused-ring (bicyclic) bond motifs is 1. The van der Waals surface area contributed by atoms with Crippen LogP contribution < -0.4 is 0 Å². The standard InChI is InChI=1S/C7HCl2N3O4S/c8-5-2(11(13)14)1-3(12(15)16)6-4(5)7(9)17-10-6/h1H. The number of nitrogens with zero attached hydrogens (tertiary/aromatic N) is 3. The molecule has 7 nitrogen and oxygen atoms in total. The first-order chi connectivity index (χ1) is 7.93. The number of nitro groups is 2. The van der Waals surface area contributed by atoms with Crippen LogP contribution in [0.2, 0.25) is 9.36 Å². The summed E-state index contributed by atoms with van der Waals surface area (Å²) in [4.78, 5) is 19.9. The molecule has 0 aliphatic rings. The van der Waals surface area contributed by atoms with Gasteiger partial charge in [0.1, 0.15) is 9.36 Å². The average molecular weight is 294 g/mol. The van der Waals surface area contributed by atoms with Crippen molar-refractivity contribution >= 4 is 57.0 Å². The maximum atomic E-state index is 10.8. The van der Waals surface area contributed by atoms with E-state index in [1.807, 2.05) is 0 Å². The molecule has 88 valence electrons. The van der Waals surface area contributed by atoms with Crippen molar-refractivity contribution in [1.29, 1.82) is 0 Å². The minimum atomic E-state index is -0.803. The van der Waals surface area contributed by atoms with Crippen LogP contribution in [0.3, 0.4) is 0 Å². The smallest absolute Gasteiger partial charge is 0.258 e. The highest BCUT2D eigenvalue weighted by Crippen LogP contribution is 2.43. The van der Waals surface area contributed by atoms with Crippen LogP contribution in [-0.4, -0.2) is 14.2 Å². The highest BCUT2D eigenvalue weighted by Gasteiger charge is 2.28. The summed E-state index contributed by atoms with van der Waals surface area (Å²) in [5.41, 5.74) is -1.09. The van der Waals surface area contributed by atoms with Crippen molar-refractivity contribution in [2.24, 2.45) is 0 Å². The van der Waals surface area contributed by atoms with Gasteiger partial charge in [0, 0.05) is 0 Å². The summed E-state index contributed by atoms with van der Waals surface area (Å²) in [7, 11) is 0. The minimum Gasteiger partial charge on any atom is -0.258 e. The summed E-state index contributed by atoms with van der Waals surface area (Å²) in [6.07, 6.45) is 0. The Bertz CT molecular complexity index is 656. The Kier molecular flexibility index (Phi) is 2.86. The fourth-order valence-corrected chi connectivity index (χ4v) is 2.64. The molecule has 0 aliphatic carbocycles. The molecule has 0 radical (unpaired) electrons. The van der Waals surface area contributed by atoms with Crippen LogP contribution in [0.4, 0.5) is 11.4 Å². The lowest BCUT2D eigenvalue weighted by molar-refractivity contribution is -0.393. The van der Waals surface area contributed by atoms with Gasteiger partial charge in [0.15, 0.2) is 5.52 Å². The van der Waals surface area contributed by atoms with Crippen LogP contribution in [-0.2, 0) is 0 Å². The lowest BCUT2D eigenvalue weighted by Gasteiger charge is -1.98. The predicted octanol–water partition coefficient (Wildman–Crippen LogP) is 3.42. The van der Waals surface area contributed by atoms with Crippen molar-refractivity contribution < 1.29 is 9.85 Å². The summed E-state index contributed by atoms with van der Waals surface area (Å²) in [6.45, 7) is 0. The summed E-state index contributed by atoms with van der Waals surface area (Å²) < 4.78 is 3.84. The lowest BCUT2D eigenvalue weighted by Crippen LogP contribution is -1.95. The lowest BCUT2D eigenvalue weighted by atomic mass is 10.2. The van der Waals surface area contributed by atoms with Gasteiger partial charge < -0.3 is 0 Å². The van der Waals surface area contributed by atoms with Crippen molar-refractivity contribution in [2.45, 2.75) is 0 Å². The zero-order valence-electron chi connectivity index (χ0n) is 7.72. The third kappa shape index (κ3) is 1.79. The summed E-state index contributed by atoms with van der Waals surface area (Å²) in [5, 5.41) is 21.3. The molecule has 2 aromatic rings. The molecule has 0 fully saturated rings. The number of hydrogen-bond donors (Lipinski definition) is 0. The molecule has 1 heterocycles. The number of benzene rings is 1. The molecule has 0 aliphatic heterocycles. The van der Waals surface area contributed by atoms with Crippen LogP contribution in [0.15, 0.2) is 6.07 Å². The van der Waals surface area contributed by atoms with E-state index in [4.69, 9.17) is 23.2 Å². The normalized spacial score (nSPS) is 10.7. The molecule has 0 saturated heterocycles. The van der Waals surface area contributed by atoms with E-state index in [-0.39, 0.29) is 20.3 Å². The molecule has 0 spiro atoms. The quantitative estimate of drug-likeness (QED) is 0.624. The van der Waals surface area contributed by atoms with Gasteiger partial charge in [0.25, 0.3) is 5.69 Å². The zero-order valence-corrected chi connectivity index (χ0v) is 10.0. The van der Waals surface area contributed by atoms with Crippen LogP contribution >= 0.6 is 34.7 Å². The Hall–Kier alpha value is -1.51. The number of halogens is 2. The molecule has 0 unspecified atom stereocenters. The van der Waals surface area contributed by atoms with E-state index in [1.165, 1.54) is 0 Å². The fraction of sp³-hybridized carbons (Fsp3) is 0. The van der Waals surface area contributed by atoms with E-state index in [9.17, 15) is 20.2 Å². The van der Waals surface area contributed by atoms with Gasteiger partial charge in [-0.1, -0.05) is 23.2 Å². The van der Waals surface area contributed by atoms with Gasteiger partial charge in [-0.2, -0.15) is 4.37 Å². The van der Waals surface area contributed by atoms with Gasteiger partial charge in [-0.3, -0.25) is 20.2 Å². The molecule has 10 heteroatoms. The number of rotatable bonds is 2. The average Bonchev–Trinajstić information content (AvgIpc) is 2.61. The second kappa shape index (κ2) is 4.06. The molecule has 0 N–H and O–H groups in total. The maximum absolute atomic E-state index is 10.8. The van der Waals surface area contributed by atoms with Crippen molar-refractivity contribution in [3.8, 4) is 0 Å². The van der Waals surface area contributed by atoms with Crippen LogP contribution in [0.25, 0.3) is 10.9 Å². The van der Waals surface area contributed by atoms with Crippen molar-refractivity contribution in [3.05, 3.63) is 35.7 Å². The molecular formula is C7HCl2N3O4S. The highest BCUT2D eigenvalue weighted by molar-refractivity contribution is 7.12. The first kappa shape index (κ1) is 12.0. The van der Waals surface area contributed by atoms with Gasteiger partial charge >= 0.3 is 5.69 Å². The maximum Gasteiger partial charge on any atom is 0.303 e. The first-order valence-electron chi connectivity index (χ1n) is 3.99. The predicted molar refractivity (Wildman–Crippen MR) is 62.9 cm³/mol. The molecule has 1 aromatic carbocycles. The number of nitro benzene ring substituents is 2. The Morgan fingerprint density at radius 2 is 1.76 bits per heavy atom. The van der Waals surface area contributed by atoms with Gasteiger partial charge in [0.2, 0.25) is 0 Å². The molecule has 0 bridgehead atoms. The van der Waals surface area contributed by atoms with E-state index >= 15 is 0 Å². The Labute approximate surface area is 107 Å². The van der Waals surface area contributed by atoms with Crippen molar-refractivity contribution in [1.82, 2.24) is 4.37 Å². The second-order valence-electron chi connectivity index (χ2n) is 2.92. The SMILES string of the molecule is O=[N+]([O-])c1cc([N+](=O)[O-])c2nsc(Cl)c2c1Cl. The third-order valence-electron chi connectivity index (χ3n) is 2.00. The Morgan fingerprint density at radius 3 is 2.29 bits per heavy atom. The van der Waals surface area contributed by atoms with Gasteiger partial charge in [-0.05, 0) is 11.5 Å². The van der Waals surface area contributed by atoms with E-state index in [0.29, 0.717) is 0 Å². The van der Waals surface area contributed by atoms with Crippen molar-refractivity contribution in [3.63, 3.8) is 0 Å². The monoisotopic (exact) mass is 293 g/mol. The molecule has 0 amide bonds. The second-order valence-corrected chi connectivity index (χ2v) is 4.68. The van der Waals surface area contributed by atoms with E-state index in [2.05, 4.69) is 4.37 Å². The van der Waals surface area contributed by atoms with Gasteiger partial charge in [-0.15, -0.1) is 0 Å². The molecule has 17 heavy (non-hydrogen) atoms. The molecule has 0 atom stereocenters. The van der Waals surface area contributed by atoms with Crippen LogP contribution in [0.5, 0.6) is 0 Å². The topological polar surface area (TPSA) is 99.2 Å². The third-order valence-corrected chi connectivity index (χ3v) is 3.42. The van der Waals surface area contributed by atoms with E-state index in [1.54, 1.807) is 0 Å². The van der Waals surface area contributed by atoms with E-state index < -0.39 is 21.2 Å². The van der Waals surface area contributed by atoms with Gasteiger partial charge in [-0.25, -0.2) is 0 Å². The highest BCUT2D eigenvalue weighted by atomic mass is 35.5. The number of hydrogen-bond acceptors (Lipinski definition) is 6. The van der Waals surface area contributed by atoms with Crippen molar-refractivity contribution in [2.75, 3.05) is 0 Å². The largest absolute Gasteiger partial charge is 0.303 e. The van der Waals surface area contributed by atoms with E-state index in [0.717, 1.165) is 17.6 Å². The summed E-state index contributed by atoms with van der Waals surface area (Å²) >= 11 is 12.3. The zero-order chi connectivity index (χ0) is 12.7. The summed E-state index contributed by atoms with van der Waals surface area (Å²) in [6, 6.07) is 0.778. The Morgan fingerprint density at radius 1 is 1.18 bits per heavy atom. The first-order valence-corrected chi connectivity index (χ1v) is 5.52. The summed E-state index contributed by atoms with van der Waals surface area (Å²) in [5.74, 6) is 0. The fourth-order valence-electron chi connectivity index (χ4n) is 1.30. The number of non-ortho nitro benzene ring substituents is 1. The minimum absolute atomic E-state index is 0.0410. The van der Waals surface area contributed by atoms with Crippen LogP contribution in [0, 0.1) is 20.2 Å².